The van der Waals surface area contributed by atoms with Gasteiger partial charge >= 0.3 is 0 Å². The van der Waals surface area contributed by atoms with E-state index in [4.69, 9.17) is 0 Å². The van der Waals surface area contributed by atoms with E-state index in [9.17, 15) is 4.39 Å². The highest BCUT2D eigenvalue weighted by molar-refractivity contribution is 4.92. The molecule has 1 heterocycles. The summed E-state index contributed by atoms with van der Waals surface area (Å²) < 4.78 is 12.1. The maximum absolute atomic E-state index is 12.1. The van der Waals surface area contributed by atoms with Crippen LogP contribution in [0.25, 0.3) is 0 Å². The van der Waals surface area contributed by atoms with Gasteiger partial charge in [0, 0.05) is 12.1 Å². The van der Waals surface area contributed by atoms with Crippen LogP contribution >= 0.6 is 0 Å². The lowest BCUT2D eigenvalue weighted by atomic mass is 9.88. The van der Waals surface area contributed by atoms with Crippen LogP contribution in [0.4, 0.5) is 4.39 Å². The zero-order valence-electron chi connectivity index (χ0n) is 9.85. The third kappa shape index (κ3) is 2.94. The van der Waals surface area contributed by atoms with Gasteiger partial charge < -0.3 is 0 Å². The molecule has 0 bridgehead atoms. The summed E-state index contributed by atoms with van der Waals surface area (Å²) in [5.41, 5.74) is 0.351. The Morgan fingerprint density at radius 3 is 2.71 bits per heavy atom. The third-order valence-electron chi connectivity index (χ3n) is 3.32. The minimum Gasteiger partial charge on any atom is -0.298 e. The van der Waals surface area contributed by atoms with E-state index >= 15 is 0 Å². The Bertz CT molecular complexity index is 170. The van der Waals surface area contributed by atoms with Crippen molar-refractivity contribution in [3.8, 4) is 0 Å². The molecule has 1 saturated heterocycles. The standard InChI is InChI=1S/C12H24FN/c1-11(2)10-12(3)6-4-8-14(12)9-5-7-13/h11H,4-10H2,1-3H3. The number of hydrogen-bond acceptors (Lipinski definition) is 1. The second kappa shape index (κ2) is 5.11. The van der Waals surface area contributed by atoms with Gasteiger partial charge in [-0.2, -0.15) is 0 Å². The highest BCUT2D eigenvalue weighted by Crippen LogP contribution is 2.34. The van der Waals surface area contributed by atoms with Crippen molar-refractivity contribution in [2.75, 3.05) is 19.8 Å². The Morgan fingerprint density at radius 2 is 2.14 bits per heavy atom. The molecule has 0 aromatic heterocycles. The van der Waals surface area contributed by atoms with Crippen molar-refractivity contribution in [3.05, 3.63) is 0 Å². The van der Waals surface area contributed by atoms with Gasteiger partial charge in [-0.15, -0.1) is 0 Å². The summed E-state index contributed by atoms with van der Waals surface area (Å²) in [7, 11) is 0. The molecule has 0 amide bonds. The fourth-order valence-corrected chi connectivity index (χ4v) is 2.82. The maximum atomic E-state index is 12.1. The molecule has 14 heavy (non-hydrogen) atoms. The van der Waals surface area contributed by atoms with Crippen LogP contribution in [0, 0.1) is 5.92 Å². The van der Waals surface area contributed by atoms with E-state index in [1.165, 1.54) is 25.8 Å². The molecule has 0 aromatic carbocycles. The molecule has 0 saturated carbocycles. The second-order valence-corrected chi connectivity index (χ2v) is 5.23. The fraction of sp³-hybridized carbons (Fsp3) is 1.00. The third-order valence-corrected chi connectivity index (χ3v) is 3.32. The zero-order valence-corrected chi connectivity index (χ0v) is 9.85. The van der Waals surface area contributed by atoms with Gasteiger partial charge in [-0.05, 0) is 45.1 Å². The molecule has 1 unspecified atom stereocenters. The maximum Gasteiger partial charge on any atom is 0.0906 e. The van der Waals surface area contributed by atoms with Gasteiger partial charge in [0.05, 0.1) is 6.67 Å². The lowest BCUT2D eigenvalue weighted by Gasteiger charge is -2.36. The number of halogens is 1. The van der Waals surface area contributed by atoms with Crippen LogP contribution < -0.4 is 0 Å². The summed E-state index contributed by atoms with van der Waals surface area (Å²) in [6.07, 6.45) is 4.53. The quantitative estimate of drug-likeness (QED) is 0.660. The van der Waals surface area contributed by atoms with Crippen LogP contribution in [0.15, 0.2) is 0 Å². The topological polar surface area (TPSA) is 3.24 Å². The summed E-state index contributed by atoms with van der Waals surface area (Å²) in [5.74, 6) is 0.742. The average Bonchev–Trinajstić information content (AvgIpc) is 2.42. The van der Waals surface area contributed by atoms with E-state index in [-0.39, 0.29) is 6.67 Å². The number of hydrogen-bond donors (Lipinski definition) is 0. The monoisotopic (exact) mass is 201 g/mol. The highest BCUT2D eigenvalue weighted by atomic mass is 19.1. The molecule has 0 N–H and O–H groups in total. The van der Waals surface area contributed by atoms with E-state index in [2.05, 4.69) is 25.7 Å². The fourth-order valence-electron chi connectivity index (χ4n) is 2.82. The van der Waals surface area contributed by atoms with Crippen molar-refractivity contribution >= 4 is 0 Å². The van der Waals surface area contributed by atoms with Crippen LogP contribution in [0.1, 0.15) is 46.5 Å². The molecule has 1 atom stereocenters. The number of likely N-dealkylation sites (tertiary alicyclic amines) is 1. The van der Waals surface area contributed by atoms with Crippen LogP contribution in [-0.4, -0.2) is 30.2 Å². The van der Waals surface area contributed by atoms with Crippen LogP contribution in [0.2, 0.25) is 0 Å². The van der Waals surface area contributed by atoms with E-state index in [0.29, 0.717) is 12.0 Å². The Hall–Kier alpha value is -0.110. The average molecular weight is 201 g/mol. The van der Waals surface area contributed by atoms with Gasteiger partial charge in [-0.3, -0.25) is 9.29 Å². The molecular weight excluding hydrogens is 177 g/mol. The van der Waals surface area contributed by atoms with Gasteiger partial charge in [-0.25, -0.2) is 0 Å². The summed E-state index contributed by atoms with van der Waals surface area (Å²) in [5, 5.41) is 0. The van der Waals surface area contributed by atoms with Gasteiger partial charge in [0.15, 0.2) is 0 Å². The predicted molar refractivity (Wildman–Crippen MR) is 59.3 cm³/mol. The first-order valence-electron chi connectivity index (χ1n) is 5.89. The SMILES string of the molecule is CC(C)CC1(C)CCCN1CCCF. The van der Waals surface area contributed by atoms with Crippen molar-refractivity contribution in [3.63, 3.8) is 0 Å². The largest absolute Gasteiger partial charge is 0.298 e. The molecule has 1 aliphatic heterocycles. The smallest absolute Gasteiger partial charge is 0.0906 e. The number of rotatable bonds is 5. The lowest BCUT2D eigenvalue weighted by molar-refractivity contribution is 0.125. The molecule has 84 valence electrons. The molecule has 0 spiro atoms. The molecule has 1 fully saturated rings. The Labute approximate surface area is 87.7 Å². The van der Waals surface area contributed by atoms with Crippen LogP contribution in [0.3, 0.4) is 0 Å². The molecule has 1 nitrogen and oxygen atoms in total. The zero-order chi connectivity index (χ0) is 10.6. The van der Waals surface area contributed by atoms with E-state index in [1.807, 2.05) is 0 Å². The van der Waals surface area contributed by atoms with Crippen molar-refractivity contribution in [1.82, 2.24) is 4.90 Å². The molecule has 0 aliphatic carbocycles. The molecular formula is C12H24FN. The van der Waals surface area contributed by atoms with Crippen LogP contribution in [0.5, 0.6) is 0 Å². The Kier molecular flexibility index (Phi) is 4.36. The molecule has 1 rings (SSSR count). The minimum absolute atomic E-state index is 0.172. The van der Waals surface area contributed by atoms with Crippen molar-refractivity contribution < 1.29 is 4.39 Å². The summed E-state index contributed by atoms with van der Waals surface area (Å²) >= 11 is 0. The first-order chi connectivity index (χ1) is 6.58. The van der Waals surface area contributed by atoms with Crippen molar-refractivity contribution in [1.29, 1.82) is 0 Å². The van der Waals surface area contributed by atoms with Gasteiger partial charge in [0.1, 0.15) is 0 Å². The van der Waals surface area contributed by atoms with Gasteiger partial charge in [-0.1, -0.05) is 13.8 Å². The summed E-state index contributed by atoms with van der Waals surface area (Å²) in [6.45, 7) is 8.84. The van der Waals surface area contributed by atoms with E-state index in [1.54, 1.807) is 0 Å². The van der Waals surface area contributed by atoms with Gasteiger partial charge in [0.25, 0.3) is 0 Å². The highest BCUT2D eigenvalue weighted by Gasteiger charge is 2.36. The van der Waals surface area contributed by atoms with Crippen molar-refractivity contribution in [2.45, 2.75) is 52.0 Å². The summed E-state index contributed by atoms with van der Waals surface area (Å²) in [6, 6.07) is 0. The van der Waals surface area contributed by atoms with E-state index in [0.717, 1.165) is 12.5 Å². The molecule has 0 aromatic rings. The predicted octanol–water partition coefficient (Wildman–Crippen LogP) is 3.25. The minimum atomic E-state index is -0.172. The second-order valence-electron chi connectivity index (χ2n) is 5.23. The van der Waals surface area contributed by atoms with Crippen LogP contribution in [-0.2, 0) is 0 Å². The number of nitrogens with zero attached hydrogens (tertiary/aromatic N) is 1. The lowest BCUT2D eigenvalue weighted by Crippen LogP contribution is -2.42. The van der Waals surface area contributed by atoms with Crippen molar-refractivity contribution in [2.24, 2.45) is 5.92 Å². The van der Waals surface area contributed by atoms with Gasteiger partial charge in [0.2, 0.25) is 0 Å². The Balaban J connectivity index is 2.47. The van der Waals surface area contributed by atoms with E-state index < -0.39 is 0 Å². The number of alkyl halides is 1. The Morgan fingerprint density at radius 1 is 1.43 bits per heavy atom. The summed E-state index contributed by atoms with van der Waals surface area (Å²) in [4.78, 5) is 2.49. The normalized spacial score (nSPS) is 28.9. The molecule has 1 aliphatic rings. The first kappa shape index (κ1) is 12.0. The molecule has 0 radical (unpaired) electrons. The first-order valence-corrected chi connectivity index (χ1v) is 5.89. The molecule has 2 heteroatoms.